The van der Waals surface area contributed by atoms with Gasteiger partial charge in [0.1, 0.15) is 11.6 Å². The molecule has 0 aliphatic rings. The third-order valence-electron chi connectivity index (χ3n) is 3.60. The lowest BCUT2D eigenvalue weighted by atomic mass is 10.2. The fourth-order valence-corrected chi connectivity index (χ4v) is 3.22. The van der Waals surface area contributed by atoms with E-state index >= 15 is 0 Å². The molecule has 6 nitrogen and oxygen atoms in total. The van der Waals surface area contributed by atoms with E-state index < -0.39 is 0 Å². The van der Waals surface area contributed by atoms with Crippen LogP contribution >= 0.6 is 23.4 Å². The van der Waals surface area contributed by atoms with Crippen LogP contribution in [0.25, 0.3) is 0 Å². The van der Waals surface area contributed by atoms with E-state index in [0.717, 1.165) is 11.4 Å². The summed E-state index contributed by atoms with van der Waals surface area (Å²) in [7, 11) is 1.54. The van der Waals surface area contributed by atoms with Gasteiger partial charge in [-0.3, -0.25) is 4.79 Å². The van der Waals surface area contributed by atoms with E-state index in [9.17, 15) is 4.79 Å². The smallest absolute Gasteiger partial charge is 0.237 e. The summed E-state index contributed by atoms with van der Waals surface area (Å²) < 4.78 is 7.20. The second kappa shape index (κ2) is 8.40. The number of hydrogen-bond donors (Lipinski definition) is 1. The molecule has 2 rings (SSSR count). The van der Waals surface area contributed by atoms with Crippen molar-refractivity contribution in [3.05, 3.63) is 41.2 Å². The van der Waals surface area contributed by atoms with Crippen LogP contribution in [0.1, 0.15) is 18.3 Å². The molecule has 1 atom stereocenters. The van der Waals surface area contributed by atoms with Crippen LogP contribution in [0.3, 0.4) is 0 Å². The van der Waals surface area contributed by atoms with Gasteiger partial charge in [-0.15, -0.1) is 16.8 Å². The van der Waals surface area contributed by atoms with Crippen LogP contribution in [-0.2, 0) is 11.3 Å². The first-order valence-electron chi connectivity index (χ1n) is 7.69. The zero-order valence-electron chi connectivity index (χ0n) is 14.7. The van der Waals surface area contributed by atoms with Crippen molar-refractivity contribution >= 4 is 35.0 Å². The average Bonchev–Trinajstić information content (AvgIpc) is 2.91. The maximum absolute atomic E-state index is 12.6. The van der Waals surface area contributed by atoms with Crippen molar-refractivity contribution in [1.82, 2.24) is 14.8 Å². The number of methoxy groups -OCH3 is 1. The zero-order chi connectivity index (χ0) is 18.6. The Morgan fingerprint density at radius 1 is 1.48 bits per heavy atom. The first-order valence-corrected chi connectivity index (χ1v) is 8.95. The molecule has 0 saturated carbocycles. The summed E-state index contributed by atoms with van der Waals surface area (Å²) in [6, 6.07) is 3.48. The van der Waals surface area contributed by atoms with Crippen molar-refractivity contribution in [3.63, 3.8) is 0 Å². The Balaban J connectivity index is 2.14. The molecule has 0 spiro atoms. The molecule has 0 saturated heterocycles. The SMILES string of the molecule is C=CCn1c(C)nnc1S[C@@H](C)C(=O)Nc1cc(C)c(Cl)cc1OC. The number of carbonyl (C=O) groups excluding carboxylic acids is 1. The van der Waals surface area contributed by atoms with Gasteiger partial charge in [-0.05, 0) is 32.4 Å². The number of rotatable bonds is 7. The van der Waals surface area contributed by atoms with Gasteiger partial charge in [-0.1, -0.05) is 29.4 Å². The molecule has 134 valence electrons. The number of amides is 1. The highest BCUT2D eigenvalue weighted by atomic mass is 35.5. The number of benzene rings is 1. The highest BCUT2D eigenvalue weighted by Crippen LogP contribution is 2.32. The molecule has 0 unspecified atom stereocenters. The number of aromatic nitrogens is 3. The van der Waals surface area contributed by atoms with Gasteiger partial charge in [-0.25, -0.2) is 0 Å². The lowest BCUT2D eigenvalue weighted by molar-refractivity contribution is -0.115. The normalized spacial score (nSPS) is 11.9. The third-order valence-corrected chi connectivity index (χ3v) is 5.09. The van der Waals surface area contributed by atoms with Gasteiger partial charge < -0.3 is 14.6 Å². The quantitative estimate of drug-likeness (QED) is 0.583. The van der Waals surface area contributed by atoms with Crippen molar-refractivity contribution in [1.29, 1.82) is 0 Å². The number of aryl methyl sites for hydroxylation is 2. The number of halogens is 1. The molecule has 2 aromatic rings. The molecule has 0 radical (unpaired) electrons. The molecule has 1 aromatic heterocycles. The Kier molecular flexibility index (Phi) is 6.50. The van der Waals surface area contributed by atoms with Crippen LogP contribution in [0, 0.1) is 13.8 Å². The van der Waals surface area contributed by atoms with E-state index in [4.69, 9.17) is 16.3 Å². The summed E-state index contributed by atoms with van der Waals surface area (Å²) in [5.74, 6) is 1.15. The second-order valence-corrected chi connectivity index (χ2v) is 7.20. The molecule has 25 heavy (non-hydrogen) atoms. The second-order valence-electron chi connectivity index (χ2n) is 5.48. The van der Waals surface area contributed by atoms with E-state index in [2.05, 4.69) is 22.1 Å². The maximum Gasteiger partial charge on any atom is 0.237 e. The Morgan fingerprint density at radius 3 is 2.84 bits per heavy atom. The largest absolute Gasteiger partial charge is 0.495 e. The van der Waals surface area contributed by atoms with Gasteiger partial charge in [0.2, 0.25) is 5.91 Å². The minimum atomic E-state index is -0.368. The number of allylic oxidation sites excluding steroid dienone is 1. The van der Waals surface area contributed by atoms with Crippen molar-refractivity contribution in [3.8, 4) is 5.75 Å². The number of hydrogen-bond acceptors (Lipinski definition) is 5. The predicted octanol–water partition coefficient (Wildman–Crippen LogP) is 3.86. The van der Waals surface area contributed by atoms with Crippen LogP contribution in [0.15, 0.2) is 29.9 Å². The van der Waals surface area contributed by atoms with Crippen LogP contribution in [0.2, 0.25) is 5.02 Å². The lowest BCUT2D eigenvalue weighted by Gasteiger charge is -2.15. The maximum atomic E-state index is 12.6. The van der Waals surface area contributed by atoms with Gasteiger partial charge in [0.25, 0.3) is 0 Å². The van der Waals surface area contributed by atoms with E-state index in [-0.39, 0.29) is 11.2 Å². The van der Waals surface area contributed by atoms with E-state index in [0.29, 0.717) is 28.2 Å². The molecule has 1 N–H and O–H groups in total. The van der Waals surface area contributed by atoms with Gasteiger partial charge in [0, 0.05) is 17.6 Å². The van der Waals surface area contributed by atoms with Crippen LogP contribution in [-0.4, -0.2) is 33.0 Å². The Morgan fingerprint density at radius 2 is 2.20 bits per heavy atom. The third kappa shape index (κ3) is 4.55. The van der Waals surface area contributed by atoms with Crippen molar-refractivity contribution < 1.29 is 9.53 Å². The number of thioether (sulfide) groups is 1. The number of carbonyl (C=O) groups is 1. The molecule has 0 bridgehead atoms. The highest BCUT2D eigenvalue weighted by Gasteiger charge is 2.20. The van der Waals surface area contributed by atoms with Gasteiger partial charge >= 0.3 is 0 Å². The van der Waals surface area contributed by atoms with Gasteiger partial charge in [0.05, 0.1) is 18.0 Å². The Bertz CT molecular complexity index is 791. The minimum absolute atomic E-state index is 0.157. The summed E-state index contributed by atoms with van der Waals surface area (Å²) in [6.07, 6.45) is 1.77. The Hall–Kier alpha value is -1.99. The fraction of sp³-hybridized carbons (Fsp3) is 0.353. The number of nitrogens with one attached hydrogen (secondary N) is 1. The summed E-state index contributed by atoms with van der Waals surface area (Å²) in [4.78, 5) is 12.6. The zero-order valence-corrected chi connectivity index (χ0v) is 16.2. The number of nitrogens with zero attached hydrogens (tertiary/aromatic N) is 3. The molecule has 1 aromatic carbocycles. The molecule has 0 aliphatic heterocycles. The van der Waals surface area contributed by atoms with Crippen LogP contribution < -0.4 is 10.1 Å². The molecule has 0 fully saturated rings. The monoisotopic (exact) mass is 380 g/mol. The molecular weight excluding hydrogens is 360 g/mol. The summed E-state index contributed by atoms with van der Waals surface area (Å²) in [5.41, 5.74) is 1.45. The number of ether oxygens (including phenoxy) is 1. The van der Waals surface area contributed by atoms with E-state index in [1.165, 1.54) is 18.9 Å². The van der Waals surface area contributed by atoms with Crippen molar-refractivity contribution in [2.45, 2.75) is 37.7 Å². The molecule has 1 heterocycles. The summed E-state index contributed by atoms with van der Waals surface area (Å²) in [6.45, 7) is 9.89. The lowest BCUT2D eigenvalue weighted by Crippen LogP contribution is -2.23. The molecule has 8 heteroatoms. The first-order chi connectivity index (χ1) is 11.9. The highest BCUT2D eigenvalue weighted by molar-refractivity contribution is 8.00. The topological polar surface area (TPSA) is 69.0 Å². The first kappa shape index (κ1) is 19.3. The molecule has 1 amide bonds. The van der Waals surface area contributed by atoms with Gasteiger partial charge in [0.15, 0.2) is 5.16 Å². The van der Waals surface area contributed by atoms with Gasteiger partial charge in [-0.2, -0.15) is 0 Å². The predicted molar refractivity (Wildman–Crippen MR) is 102 cm³/mol. The van der Waals surface area contributed by atoms with Crippen LogP contribution in [0.4, 0.5) is 5.69 Å². The Labute approximate surface area is 156 Å². The standard InChI is InChI=1S/C17H21ClN4O2S/c1-6-7-22-12(4)20-21-17(22)25-11(3)16(23)19-14-8-10(2)13(18)9-15(14)24-5/h6,8-9,11H,1,7H2,2-5H3,(H,19,23)/t11-/m0/s1. The fourth-order valence-electron chi connectivity index (χ4n) is 2.16. The van der Waals surface area contributed by atoms with Crippen molar-refractivity contribution in [2.75, 3.05) is 12.4 Å². The molecular formula is C17H21ClN4O2S. The molecule has 0 aliphatic carbocycles. The average molecular weight is 381 g/mol. The van der Waals surface area contributed by atoms with E-state index in [1.54, 1.807) is 18.2 Å². The van der Waals surface area contributed by atoms with E-state index in [1.807, 2.05) is 25.3 Å². The summed E-state index contributed by atoms with van der Waals surface area (Å²) in [5, 5.41) is 12.0. The van der Waals surface area contributed by atoms with Crippen molar-refractivity contribution in [2.24, 2.45) is 0 Å². The van der Waals surface area contributed by atoms with Crippen LogP contribution in [0.5, 0.6) is 5.75 Å². The number of anilines is 1. The minimum Gasteiger partial charge on any atom is -0.495 e. The summed E-state index contributed by atoms with van der Waals surface area (Å²) >= 11 is 7.44.